The fourth-order valence-electron chi connectivity index (χ4n) is 2.64. The molecule has 2 unspecified atom stereocenters. The number of halogens is 1. The van der Waals surface area contributed by atoms with Crippen LogP contribution in [0.3, 0.4) is 0 Å². The van der Waals surface area contributed by atoms with E-state index in [1.807, 2.05) is 12.1 Å². The number of rotatable bonds is 8. The third kappa shape index (κ3) is 4.11. The molecular weight excluding hydrogens is 332 g/mol. The highest BCUT2D eigenvalue weighted by Gasteiger charge is 2.25. The molecule has 0 bridgehead atoms. The van der Waals surface area contributed by atoms with Gasteiger partial charge < -0.3 is 15.2 Å². The molecule has 0 aromatic heterocycles. The molecule has 0 radical (unpaired) electrons. The van der Waals surface area contributed by atoms with Crippen molar-refractivity contribution in [2.45, 2.75) is 39.3 Å². The number of methoxy groups -OCH3 is 2. The van der Waals surface area contributed by atoms with Crippen molar-refractivity contribution in [1.82, 2.24) is 4.90 Å². The molecule has 4 nitrogen and oxygen atoms in total. The molecule has 1 aromatic rings. The molecule has 0 heterocycles. The summed E-state index contributed by atoms with van der Waals surface area (Å²) in [7, 11) is 3.29. The SMILES string of the molecule is CCC(C)N(CC)C(CN)c1cc(OC)c(OC)cc1Br. The Kier molecular flexibility index (Phi) is 7.49. The van der Waals surface area contributed by atoms with Crippen molar-refractivity contribution in [3.63, 3.8) is 0 Å². The fourth-order valence-corrected chi connectivity index (χ4v) is 3.23. The van der Waals surface area contributed by atoms with Gasteiger partial charge in [0.25, 0.3) is 0 Å². The summed E-state index contributed by atoms with van der Waals surface area (Å²) in [5.74, 6) is 1.45. The first-order valence-corrected chi connectivity index (χ1v) is 8.20. The fraction of sp³-hybridized carbons (Fsp3) is 0.625. The molecule has 2 N–H and O–H groups in total. The van der Waals surface area contributed by atoms with Crippen LogP contribution in [0.1, 0.15) is 38.8 Å². The van der Waals surface area contributed by atoms with Crippen LogP contribution in [0.2, 0.25) is 0 Å². The van der Waals surface area contributed by atoms with E-state index in [4.69, 9.17) is 15.2 Å². The van der Waals surface area contributed by atoms with Crippen molar-refractivity contribution in [2.24, 2.45) is 5.73 Å². The van der Waals surface area contributed by atoms with E-state index in [1.54, 1.807) is 14.2 Å². The number of nitrogens with two attached hydrogens (primary N) is 1. The maximum atomic E-state index is 6.07. The van der Waals surface area contributed by atoms with Gasteiger partial charge in [-0.25, -0.2) is 0 Å². The summed E-state index contributed by atoms with van der Waals surface area (Å²) in [6.45, 7) is 8.12. The molecule has 2 atom stereocenters. The molecule has 21 heavy (non-hydrogen) atoms. The lowest BCUT2D eigenvalue weighted by Gasteiger charge is -2.35. The second kappa shape index (κ2) is 8.61. The van der Waals surface area contributed by atoms with Gasteiger partial charge >= 0.3 is 0 Å². The highest BCUT2D eigenvalue weighted by molar-refractivity contribution is 9.10. The van der Waals surface area contributed by atoms with Crippen molar-refractivity contribution in [3.8, 4) is 11.5 Å². The van der Waals surface area contributed by atoms with Gasteiger partial charge in [0.15, 0.2) is 11.5 Å². The summed E-state index contributed by atoms with van der Waals surface area (Å²) in [4.78, 5) is 2.42. The lowest BCUT2D eigenvalue weighted by molar-refractivity contribution is 0.151. The van der Waals surface area contributed by atoms with Crippen molar-refractivity contribution < 1.29 is 9.47 Å². The topological polar surface area (TPSA) is 47.7 Å². The third-order valence-electron chi connectivity index (χ3n) is 4.01. The van der Waals surface area contributed by atoms with E-state index >= 15 is 0 Å². The first-order valence-electron chi connectivity index (χ1n) is 7.41. The molecule has 5 heteroatoms. The van der Waals surface area contributed by atoms with Crippen LogP contribution in [0.25, 0.3) is 0 Å². The third-order valence-corrected chi connectivity index (χ3v) is 4.69. The summed E-state index contributed by atoms with van der Waals surface area (Å²) in [5, 5.41) is 0. The number of hydrogen-bond acceptors (Lipinski definition) is 4. The van der Waals surface area contributed by atoms with E-state index in [1.165, 1.54) is 0 Å². The first-order chi connectivity index (χ1) is 10.0. The molecule has 0 amide bonds. The molecule has 0 saturated heterocycles. The van der Waals surface area contributed by atoms with Gasteiger partial charge in [0, 0.05) is 23.1 Å². The second-order valence-electron chi connectivity index (χ2n) is 5.07. The Morgan fingerprint density at radius 3 is 2.19 bits per heavy atom. The van der Waals surface area contributed by atoms with Gasteiger partial charge in [-0.05, 0) is 37.6 Å². The van der Waals surface area contributed by atoms with Crippen LogP contribution >= 0.6 is 15.9 Å². The molecule has 0 aliphatic heterocycles. The molecule has 1 rings (SSSR count). The number of likely N-dealkylation sites (N-methyl/N-ethyl adjacent to an activating group) is 1. The van der Waals surface area contributed by atoms with E-state index in [9.17, 15) is 0 Å². The number of hydrogen-bond donors (Lipinski definition) is 1. The van der Waals surface area contributed by atoms with E-state index in [0.29, 0.717) is 12.6 Å². The standard InChI is InChI=1S/C16H27BrN2O2/c1-6-11(3)19(7-2)14(10-18)12-8-15(20-4)16(21-5)9-13(12)17/h8-9,11,14H,6-7,10,18H2,1-5H3. The summed E-state index contributed by atoms with van der Waals surface area (Å²) >= 11 is 3.64. The van der Waals surface area contributed by atoms with E-state index in [2.05, 4.69) is 41.6 Å². The maximum Gasteiger partial charge on any atom is 0.161 e. The molecule has 0 aliphatic carbocycles. The molecule has 120 valence electrons. The first kappa shape index (κ1) is 18.3. The van der Waals surface area contributed by atoms with Crippen LogP contribution in [0, 0.1) is 0 Å². The summed E-state index contributed by atoms with van der Waals surface area (Å²) < 4.78 is 11.8. The summed E-state index contributed by atoms with van der Waals surface area (Å²) in [6.07, 6.45) is 1.09. The molecule has 0 aliphatic rings. The van der Waals surface area contributed by atoms with Crippen LogP contribution in [0.4, 0.5) is 0 Å². The van der Waals surface area contributed by atoms with Crippen molar-refractivity contribution in [3.05, 3.63) is 22.2 Å². The van der Waals surface area contributed by atoms with Gasteiger partial charge in [-0.2, -0.15) is 0 Å². The molecule has 0 spiro atoms. The van der Waals surface area contributed by atoms with Gasteiger partial charge in [-0.15, -0.1) is 0 Å². The van der Waals surface area contributed by atoms with Crippen molar-refractivity contribution >= 4 is 15.9 Å². The quantitative estimate of drug-likeness (QED) is 0.771. The van der Waals surface area contributed by atoms with Crippen molar-refractivity contribution in [2.75, 3.05) is 27.3 Å². The minimum atomic E-state index is 0.152. The Morgan fingerprint density at radius 1 is 1.19 bits per heavy atom. The zero-order chi connectivity index (χ0) is 16.0. The van der Waals surface area contributed by atoms with Crippen LogP contribution in [0.5, 0.6) is 11.5 Å². The van der Waals surface area contributed by atoms with Crippen LogP contribution in [-0.2, 0) is 0 Å². The Morgan fingerprint density at radius 2 is 1.76 bits per heavy atom. The lowest BCUT2D eigenvalue weighted by atomic mass is 10.0. The van der Waals surface area contributed by atoms with Crippen molar-refractivity contribution in [1.29, 1.82) is 0 Å². The number of benzene rings is 1. The molecular formula is C16H27BrN2O2. The minimum Gasteiger partial charge on any atom is -0.493 e. The van der Waals surface area contributed by atoms with Crippen LogP contribution in [0.15, 0.2) is 16.6 Å². The number of nitrogens with zero attached hydrogens (tertiary/aromatic N) is 1. The van der Waals surface area contributed by atoms with E-state index in [-0.39, 0.29) is 6.04 Å². The predicted octanol–water partition coefficient (Wildman–Crippen LogP) is 3.59. The molecule has 1 aromatic carbocycles. The zero-order valence-corrected chi connectivity index (χ0v) is 15.2. The Bertz CT molecular complexity index is 454. The Hall–Kier alpha value is -0.780. The molecule has 0 fully saturated rings. The van der Waals surface area contributed by atoms with Gasteiger partial charge in [-0.1, -0.05) is 29.8 Å². The van der Waals surface area contributed by atoms with Gasteiger partial charge in [0.2, 0.25) is 0 Å². The van der Waals surface area contributed by atoms with Crippen LogP contribution in [-0.4, -0.2) is 38.3 Å². The number of ether oxygens (including phenoxy) is 2. The Balaban J connectivity index is 3.27. The highest BCUT2D eigenvalue weighted by atomic mass is 79.9. The largest absolute Gasteiger partial charge is 0.493 e. The van der Waals surface area contributed by atoms with Gasteiger partial charge in [0.1, 0.15) is 0 Å². The normalized spacial score (nSPS) is 14.1. The minimum absolute atomic E-state index is 0.152. The van der Waals surface area contributed by atoms with Gasteiger partial charge in [0.05, 0.1) is 14.2 Å². The smallest absolute Gasteiger partial charge is 0.161 e. The molecule has 0 saturated carbocycles. The zero-order valence-electron chi connectivity index (χ0n) is 13.6. The monoisotopic (exact) mass is 358 g/mol. The average Bonchev–Trinajstić information content (AvgIpc) is 2.51. The second-order valence-corrected chi connectivity index (χ2v) is 5.92. The Labute approximate surface area is 136 Å². The highest BCUT2D eigenvalue weighted by Crippen LogP contribution is 2.38. The lowest BCUT2D eigenvalue weighted by Crippen LogP contribution is -2.39. The van der Waals surface area contributed by atoms with E-state index < -0.39 is 0 Å². The maximum absolute atomic E-state index is 6.07. The van der Waals surface area contributed by atoms with E-state index in [0.717, 1.165) is 34.5 Å². The van der Waals surface area contributed by atoms with Gasteiger partial charge in [-0.3, -0.25) is 4.90 Å². The average molecular weight is 359 g/mol. The summed E-state index contributed by atoms with van der Waals surface area (Å²) in [5.41, 5.74) is 7.21. The predicted molar refractivity (Wildman–Crippen MR) is 91.2 cm³/mol. The van der Waals surface area contributed by atoms with Crippen LogP contribution < -0.4 is 15.2 Å². The summed E-state index contributed by atoms with van der Waals surface area (Å²) in [6, 6.07) is 4.59.